The molecule has 0 aliphatic carbocycles. The summed E-state index contributed by atoms with van der Waals surface area (Å²) in [6.07, 6.45) is 1.52. The Morgan fingerprint density at radius 1 is 1.28 bits per heavy atom. The van der Waals surface area contributed by atoms with Gasteiger partial charge in [0.2, 0.25) is 0 Å². The fourth-order valence-corrected chi connectivity index (χ4v) is 3.32. The first kappa shape index (κ1) is 11.8. The van der Waals surface area contributed by atoms with E-state index in [9.17, 15) is 5.11 Å². The quantitative estimate of drug-likeness (QED) is 0.896. The molecule has 0 radical (unpaired) electrons. The van der Waals surface area contributed by atoms with Crippen LogP contribution in [0.2, 0.25) is 0 Å². The maximum Gasteiger partial charge on any atom is 0.128 e. The second kappa shape index (κ2) is 4.75. The first-order valence-electron chi connectivity index (χ1n) is 6.22. The summed E-state index contributed by atoms with van der Waals surface area (Å²) in [6.45, 7) is 2.78. The fraction of sp³-hybridized carbons (Fsp3) is 0.333. The summed E-state index contributed by atoms with van der Waals surface area (Å²) in [4.78, 5) is 0. The Morgan fingerprint density at radius 2 is 2.17 bits per heavy atom. The minimum atomic E-state index is -0.579. The minimum absolute atomic E-state index is 0.579. The lowest BCUT2D eigenvalue weighted by Gasteiger charge is -2.22. The number of rotatable bonds is 2. The maximum atomic E-state index is 10.5. The topological polar surface area (TPSA) is 29.5 Å². The SMILES string of the molecule is Cc1cscc1C(O)c1cccc2c1OCCC2. The summed E-state index contributed by atoms with van der Waals surface area (Å²) in [5.74, 6) is 0.891. The van der Waals surface area contributed by atoms with Crippen LogP contribution in [0.25, 0.3) is 0 Å². The Kier molecular flexibility index (Phi) is 3.10. The first-order valence-corrected chi connectivity index (χ1v) is 7.17. The van der Waals surface area contributed by atoms with Gasteiger partial charge < -0.3 is 9.84 Å². The van der Waals surface area contributed by atoms with Crippen molar-refractivity contribution < 1.29 is 9.84 Å². The van der Waals surface area contributed by atoms with Crippen molar-refractivity contribution in [3.05, 3.63) is 51.2 Å². The zero-order valence-corrected chi connectivity index (χ0v) is 11.2. The molecule has 0 saturated carbocycles. The predicted octanol–water partition coefficient (Wildman–Crippen LogP) is 3.46. The molecular formula is C15H16O2S. The molecule has 2 aromatic rings. The van der Waals surface area contributed by atoms with E-state index in [0.29, 0.717) is 0 Å². The average Bonchev–Trinajstić information content (AvgIpc) is 2.83. The lowest BCUT2D eigenvalue weighted by atomic mass is 9.95. The van der Waals surface area contributed by atoms with E-state index >= 15 is 0 Å². The highest BCUT2D eigenvalue weighted by molar-refractivity contribution is 7.08. The summed E-state index contributed by atoms with van der Waals surface area (Å²) < 4.78 is 5.76. The second-order valence-electron chi connectivity index (χ2n) is 4.70. The molecule has 0 spiro atoms. The van der Waals surface area contributed by atoms with E-state index in [2.05, 4.69) is 11.4 Å². The molecule has 0 saturated heterocycles. The average molecular weight is 260 g/mol. The Morgan fingerprint density at radius 3 is 2.94 bits per heavy atom. The van der Waals surface area contributed by atoms with Crippen LogP contribution in [-0.4, -0.2) is 11.7 Å². The highest BCUT2D eigenvalue weighted by atomic mass is 32.1. The number of aliphatic hydroxyl groups is 1. The normalized spacial score (nSPS) is 15.9. The molecule has 0 bridgehead atoms. The maximum absolute atomic E-state index is 10.5. The molecule has 3 heteroatoms. The van der Waals surface area contributed by atoms with Crippen molar-refractivity contribution in [2.24, 2.45) is 0 Å². The zero-order valence-electron chi connectivity index (χ0n) is 10.3. The molecule has 1 aliphatic heterocycles. The number of para-hydroxylation sites is 1. The minimum Gasteiger partial charge on any atom is -0.493 e. The van der Waals surface area contributed by atoms with Crippen LogP contribution < -0.4 is 4.74 Å². The Balaban J connectivity index is 2.04. The highest BCUT2D eigenvalue weighted by Gasteiger charge is 2.21. The number of thiophene rings is 1. The van der Waals surface area contributed by atoms with Crippen LogP contribution in [0.1, 0.15) is 34.8 Å². The third kappa shape index (κ3) is 1.93. The van der Waals surface area contributed by atoms with Crippen LogP contribution in [0.3, 0.4) is 0 Å². The van der Waals surface area contributed by atoms with Crippen molar-refractivity contribution in [1.29, 1.82) is 0 Å². The molecule has 94 valence electrons. The molecular weight excluding hydrogens is 244 g/mol. The molecule has 1 N–H and O–H groups in total. The largest absolute Gasteiger partial charge is 0.493 e. The van der Waals surface area contributed by atoms with Gasteiger partial charge in [0.25, 0.3) is 0 Å². The van der Waals surface area contributed by atoms with Crippen molar-refractivity contribution in [2.75, 3.05) is 6.61 Å². The van der Waals surface area contributed by atoms with E-state index in [1.165, 1.54) is 5.56 Å². The van der Waals surface area contributed by atoms with Crippen LogP contribution >= 0.6 is 11.3 Å². The van der Waals surface area contributed by atoms with Crippen LogP contribution in [-0.2, 0) is 6.42 Å². The zero-order chi connectivity index (χ0) is 12.5. The van der Waals surface area contributed by atoms with E-state index in [0.717, 1.165) is 41.9 Å². The second-order valence-corrected chi connectivity index (χ2v) is 5.44. The highest BCUT2D eigenvalue weighted by Crippen LogP contribution is 2.37. The lowest BCUT2D eigenvalue weighted by Crippen LogP contribution is -2.12. The third-order valence-electron chi connectivity index (χ3n) is 3.45. The van der Waals surface area contributed by atoms with Crippen LogP contribution in [0.4, 0.5) is 0 Å². The van der Waals surface area contributed by atoms with Crippen LogP contribution in [0, 0.1) is 6.92 Å². The van der Waals surface area contributed by atoms with E-state index < -0.39 is 6.10 Å². The van der Waals surface area contributed by atoms with Crippen molar-refractivity contribution in [1.82, 2.24) is 0 Å². The predicted molar refractivity (Wildman–Crippen MR) is 73.4 cm³/mol. The molecule has 1 unspecified atom stereocenters. The van der Waals surface area contributed by atoms with Gasteiger partial charge >= 0.3 is 0 Å². The van der Waals surface area contributed by atoms with E-state index in [1.54, 1.807) is 11.3 Å². The van der Waals surface area contributed by atoms with Gasteiger partial charge in [-0.3, -0.25) is 0 Å². The molecule has 3 rings (SSSR count). The lowest BCUT2D eigenvalue weighted by molar-refractivity contribution is 0.206. The van der Waals surface area contributed by atoms with E-state index in [1.807, 2.05) is 24.4 Å². The van der Waals surface area contributed by atoms with E-state index in [4.69, 9.17) is 4.74 Å². The molecule has 1 aromatic carbocycles. The van der Waals surface area contributed by atoms with Gasteiger partial charge in [0.1, 0.15) is 11.9 Å². The Bertz CT molecular complexity index is 559. The standard InChI is InChI=1S/C15H16O2S/c1-10-8-18-9-13(10)14(16)12-6-2-4-11-5-3-7-17-15(11)12/h2,4,6,8-9,14,16H,3,5,7H2,1H3. The van der Waals surface area contributed by atoms with Gasteiger partial charge in [-0.2, -0.15) is 11.3 Å². The van der Waals surface area contributed by atoms with Crippen molar-refractivity contribution >= 4 is 11.3 Å². The summed E-state index contributed by atoms with van der Waals surface area (Å²) in [5, 5.41) is 14.6. The smallest absolute Gasteiger partial charge is 0.128 e. The number of benzene rings is 1. The van der Waals surface area contributed by atoms with Crippen LogP contribution in [0.15, 0.2) is 29.0 Å². The van der Waals surface area contributed by atoms with Crippen molar-refractivity contribution in [3.63, 3.8) is 0 Å². The number of aryl methyl sites for hydroxylation is 2. The van der Waals surface area contributed by atoms with Gasteiger partial charge in [-0.1, -0.05) is 18.2 Å². The molecule has 2 heterocycles. The van der Waals surface area contributed by atoms with Crippen molar-refractivity contribution in [2.45, 2.75) is 25.9 Å². The molecule has 0 amide bonds. The summed E-state index contributed by atoms with van der Waals surface area (Å²) in [5.41, 5.74) is 4.24. The summed E-state index contributed by atoms with van der Waals surface area (Å²) in [7, 11) is 0. The summed E-state index contributed by atoms with van der Waals surface area (Å²) >= 11 is 1.63. The molecule has 2 nitrogen and oxygen atoms in total. The number of hydrogen-bond donors (Lipinski definition) is 1. The van der Waals surface area contributed by atoms with Crippen molar-refractivity contribution in [3.8, 4) is 5.75 Å². The van der Waals surface area contributed by atoms with Crippen LogP contribution in [0.5, 0.6) is 5.75 Å². The molecule has 18 heavy (non-hydrogen) atoms. The molecule has 1 atom stereocenters. The van der Waals surface area contributed by atoms with Gasteiger partial charge in [0, 0.05) is 5.56 Å². The van der Waals surface area contributed by atoms with Gasteiger partial charge in [-0.05, 0) is 47.2 Å². The fourth-order valence-electron chi connectivity index (χ4n) is 2.45. The van der Waals surface area contributed by atoms with Gasteiger partial charge in [0.05, 0.1) is 6.61 Å². The first-order chi connectivity index (χ1) is 8.77. The number of ether oxygens (including phenoxy) is 1. The molecule has 0 fully saturated rings. The number of hydrogen-bond acceptors (Lipinski definition) is 3. The Hall–Kier alpha value is -1.32. The number of fused-ring (bicyclic) bond motifs is 1. The summed E-state index contributed by atoms with van der Waals surface area (Å²) in [6, 6.07) is 6.06. The number of aliphatic hydroxyl groups excluding tert-OH is 1. The molecule has 1 aromatic heterocycles. The molecule has 1 aliphatic rings. The van der Waals surface area contributed by atoms with Gasteiger partial charge in [-0.15, -0.1) is 0 Å². The van der Waals surface area contributed by atoms with Gasteiger partial charge in [0.15, 0.2) is 0 Å². The monoisotopic (exact) mass is 260 g/mol. The van der Waals surface area contributed by atoms with E-state index in [-0.39, 0.29) is 0 Å². The third-order valence-corrected chi connectivity index (χ3v) is 4.33. The van der Waals surface area contributed by atoms with Gasteiger partial charge in [-0.25, -0.2) is 0 Å². The Labute approximate surface area is 111 Å².